The predicted octanol–water partition coefficient (Wildman–Crippen LogP) is 3.51. The van der Waals surface area contributed by atoms with E-state index in [2.05, 4.69) is 50.5 Å². The Kier molecular flexibility index (Phi) is 10.1. The molecule has 0 saturated carbocycles. The SMILES string of the molecule is CN=C(NCC1CCCS1)NCC(c1ccccc1OC)N1CCCC1.I. The number of halogens is 1. The Morgan fingerprint density at radius 3 is 2.70 bits per heavy atom. The lowest BCUT2D eigenvalue weighted by atomic mass is 10.0. The standard InChI is InChI=1S/C20H32N4OS.HI/c1-21-20(22-14-16-8-7-13-26-16)23-15-18(24-11-5-6-12-24)17-9-3-4-10-19(17)25-2;/h3-4,9-10,16,18H,5-8,11-15H2,1-2H3,(H2,21,22,23);1H. The van der Waals surface area contributed by atoms with Gasteiger partial charge in [-0.3, -0.25) is 9.89 Å². The zero-order valence-electron chi connectivity index (χ0n) is 16.4. The molecule has 0 amide bonds. The van der Waals surface area contributed by atoms with Crippen LogP contribution < -0.4 is 15.4 Å². The fourth-order valence-electron chi connectivity index (χ4n) is 3.86. The fourth-order valence-corrected chi connectivity index (χ4v) is 5.06. The maximum Gasteiger partial charge on any atom is 0.191 e. The molecule has 2 unspecified atom stereocenters. The Morgan fingerprint density at radius 2 is 2.04 bits per heavy atom. The number of rotatable bonds is 7. The molecule has 152 valence electrons. The van der Waals surface area contributed by atoms with Gasteiger partial charge in [0.15, 0.2) is 5.96 Å². The highest BCUT2D eigenvalue weighted by Crippen LogP contribution is 2.31. The summed E-state index contributed by atoms with van der Waals surface area (Å²) in [6.45, 7) is 4.12. The topological polar surface area (TPSA) is 48.9 Å². The van der Waals surface area contributed by atoms with Crippen molar-refractivity contribution in [2.24, 2.45) is 4.99 Å². The summed E-state index contributed by atoms with van der Waals surface area (Å²) in [5, 5.41) is 7.78. The molecule has 0 radical (unpaired) electrons. The molecule has 1 aromatic rings. The van der Waals surface area contributed by atoms with E-state index in [4.69, 9.17) is 4.74 Å². The van der Waals surface area contributed by atoms with Gasteiger partial charge in [0.2, 0.25) is 0 Å². The van der Waals surface area contributed by atoms with Gasteiger partial charge in [0, 0.05) is 31.0 Å². The number of benzene rings is 1. The second-order valence-electron chi connectivity index (χ2n) is 6.97. The van der Waals surface area contributed by atoms with Gasteiger partial charge >= 0.3 is 0 Å². The summed E-state index contributed by atoms with van der Waals surface area (Å²) < 4.78 is 5.63. The van der Waals surface area contributed by atoms with E-state index < -0.39 is 0 Å². The Balaban J connectivity index is 0.00000261. The summed E-state index contributed by atoms with van der Waals surface area (Å²) in [5.74, 6) is 3.16. The van der Waals surface area contributed by atoms with Crippen LogP contribution in [-0.2, 0) is 0 Å². The van der Waals surface area contributed by atoms with Crippen molar-refractivity contribution in [3.63, 3.8) is 0 Å². The molecular weight excluding hydrogens is 471 g/mol. The summed E-state index contributed by atoms with van der Waals surface area (Å²) in [7, 11) is 3.61. The van der Waals surface area contributed by atoms with Gasteiger partial charge in [-0.05, 0) is 50.6 Å². The summed E-state index contributed by atoms with van der Waals surface area (Å²) in [6, 6.07) is 8.69. The molecule has 2 heterocycles. The number of thioether (sulfide) groups is 1. The van der Waals surface area contributed by atoms with Crippen LogP contribution in [0.2, 0.25) is 0 Å². The van der Waals surface area contributed by atoms with E-state index in [-0.39, 0.29) is 24.0 Å². The van der Waals surface area contributed by atoms with Crippen LogP contribution >= 0.6 is 35.7 Å². The lowest BCUT2D eigenvalue weighted by molar-refractivity contribution is 0.239. The van der Waals surface area contributed by atoms with Gasteiger partial charge in [-0.25, -0.2) is 0 Å². The van der Waals surface area contributed by atoms with E-state index in [1.165, 1.54) is 37.0 Å². The van der Waals surface area contributed by atoms with E-state index in [1.807, 2.05) is 13.1 Å². The summed E-state index contributed by atoms with van der Waals surface area (Å²) in [6.07, 6.45) is 5.20. The molecule has 2 atom stereocenters. The molecule has 2 aliphatic heterocycles. The van der Waals surface area contributed by atoms with Crippen LogP contribution in [0.15, 0.2) is 29.3 Å². The highest BCUT2D eigenvalue weighted by Gasteiger charge is 2.26. The van der Waals surface area contributed by atoms with Crippen LogP contribution in [0.3, 0.4) is 0 Å². The molecule has 2 saturated heterocycles. The number of methoxy groups -OCH3 is 1. The number of aliphatic imine (C=N–C) groups is 1. The van der Waals surface area contributed by atoms with Crippen LogP contribution in [0.25, 0.3) is 0 Å². The van der Waals surface area contributed by atoms with E-state index >= 15 is 0 Å². The summed E-state index contributed by atoms with van der Waals surface area (Å²) in [5.41, 5.74) is 1.26. The zero-order valence-corrected chi connectivity index (χ0v) is 19.6. The molecule has 0 bridgehead atoms. The lowest BCUT2D eigenvalue weighted by Gasteiger charge is -2.30. The van der Waals surface area contributed by atoms with Gasteiger partial charge < -0.3 is 15.4 Å². The van der Waals surface area contributed by atoms with Gasteiger partial charge in [-0.15, -0.1) is 24.0 Å². The van der Waals surface area contributed by atoms with Gasteiger partial charge in [-0.2, -0.15) is 11.8 Å². The molecule has 0 aliphatic carbocycles. The number of nitrogens with zero attached hydrogens (tertiary/aromatic N) is 2. The highest BCUT2D eigenvalue weighted by molar-refractivity contribution is 14.0. The van der Waals surface area contributed by atoms with E-state index in [9.17, 15) is 0 Å². The first-order valence-electron chi connectivity index (χ1n) is 9.75. The molecule has 0 aromatic heterocycles. The third-order valence-electron chi connectivity index (χ3n) is 5.29. The maximum atomic E-state index is 5.63. The lowest BCUT2D eigenvalue weighted by Crippen LogP contribution is -2.44. The molecule has 2 N–H and O–H groups in total. The van der Waals surface area contributed by atoms with E-state index in [0.29, 0.717) is 6.04 Å². The van der Waals surface area contributed by atoms with Crippen LogP contribution in [0.4, 0.5) is 0 Å². The Labute approximate surface area is 185 Å². The first-order valence-corrected chi connectivity index (χ1v) is 10.8. The molecule has 27 heavy (non-hydrogen) atoms. The number of hydrogen-bond donors (Lipinski definition) is 2. The van der Waals surface area contributed by atoms with Crippen LogP contribution in [0, 0.1) is 0 Å². The largest absolute Gasteiger partial charge is 0.496 e. The monoisotopic (exact) mass is 504 g/mol. The number of para-hydroxylation sites is 1. The van der Waals surface area contributed by atoms with E-state index in [1.54, 1.807) is 7.11 Å². The van der Waals surface area contributed by atoms with Crippen molar-refractivity contribution in [2.45, 2.75) is 37.0 Å². The Hall–Kier alpha value is -0.670. The van der Waals surface area contributed by atoms with Gasteiger partial charge in [0.05, 0.1) is 13.2 Å². The second-order valence-corrected chi connectivity index (χ2v) is 8.38. The van der Waals surface area contributed by atoms with Crippen molar-refractivity contribution in [3.05, 3.63) is 29.8 Å². The highest BCUT2D eigenvalue weighted by atomic mass is 127. The van der Waals surface area contributed by atoms with Crippen LogP contribution in [0.1, 0.15) is 37.3 Å². The van der Waals surface area contributed by atoms with Gasteiger partial charge in [-0.1, -0.05) is 18.2 Å². The minimum atomic E-state index is 0. The number of guanidine groups is 1. The van der Waals surface area contributed by atoms with Crippen molar-refractivity contribution < 1.29 is 4.74 Å². The molecule has 5 nitrogen and oxygen atoms in total. The average Bonchev–Trinajstić information content (AvgIpc) is 3.39. The smallest absolute Gasteiger partial charge is 0.191 e. The summed E-state index contributed by atoms with van der Waals surface area (Å²) in [4.78, 5) is 6.98. The number of ether oxygens (including phenoxy) is 1. The zero-order chi connectivity index (χ0) is 18.2. The third kappa shape index (κ3) is 6.42. The first-order chi connectivity index (χ1) is 12.8. The van der Waals surface area contributed by atoms with E-state index in [0.717, 1.165) is 43.1 Å². The van der Waals surface area contributed by atoms with Crippen molar-refractivity contribution in [3.8, 4) is 5.75 Å². The molecule has 2 aliphatic rings. The van der Waals surface area contributed by atoms with Crippen LogP contribution in [-0.4, -0.2) is 62.2 Å². The fraction of sp³-hybridized carbons (Fsp3) is 0.650. The van der Waals surface area contributed by atoms with Gasteiger partial charge in [0.25, 0.3) is 0 Å². The maximum absolute atomic E-state index is 5.63. The van der Waals surface area contributed by atoms with Crippen molar-refractivity contribution in [1.29, 1.82) is 0 Å². The average molecular weight is 504 g/mol. The second kappa shape index (κ2) is 12.0. The number of hydrogen-bond acceptors (Lipinski definition) is 4. The molecule has 0 spiro atoms. The van der Waals surface area contributed by atoms with Crippen molar-refractivity contribution in [1.82, 2.24) is 15.5 Å². The minimum absolute atomic E-state index is 0. The summed E-state index contributed by atoms with van der Waals surface area (Å²) >= 11 is 2.07. The molecule has 2 fully saturated rings. The van der Waals surface area contributed by atoms with Crippen molar-refractivity contribution in [2.75, 3.05) is 46.1 Å². The Bertz CT molecular complexity index is 589. The quantitative estimate of drug-likeness (QED) is 0.338. The molecule has 3 rings (SSSR count). The molecule has 7 heteroatoms. The number of likely N-dealkylation sites (tertiary alicyclic amines) is 1. The molecule has 1 aromatic carbocycles. The van der Waals surface area contributed by atoms with Crippen molar-refractivity contribution >= 4 is 41.7 Å². The van der Waals surface area contributed by atoms with Crippen LogP contribution in [0.5, 0.6) is 5.75 Å². The van der Waals surface area contributed by atoms with Gasteiger partial charge in [0.1, 0.15) is 5.75 Å². The molecular formula is C20H33IN4OS. The number of nitrogens with one attached hydrogen (secondary N) is 2. The first kappa shape index (κ1) is 22.6. The predicted molar refractivity (Wildman–Crippen MR) is 127 cm³/mol. The Morgan fingerprint density at radius 1 is 1.26 bits per heavy atom. The minimum Gasteiger partial charge on any atom is -0.496 e. The normalized spacial score (nSPS) is 21.6. The third-order valence-corrected chi connectivity index (χ3v) is 6.69.